The number of rotatable bonds is 1. The van der Waals surface area contributed by atoms with Crippen molar-refractivity contribution in [1.82, 2.24) is 0 Å². The molecule has 1 aliphatic rings. The van der Waals surface area contributed by atoms with Crippen LogP contribution < -0.4 is 0 Å². The Morgan fingerprint density at radius 1 is 1.40 bits per heavy atom. The Morgan fingerprint density at radius 3 is 2.80 bits per heavy atom. The summed E-state index contributed by atoms with van der Waals surface area (Å²) in [6, 6.07) is 4.03. The summed E-state index contributed by atoms with van der Waals surface area (Å²) in [5.74, 6) is -2.95. The van der Waals surface area contributed by atoms with Crippen LogP contribution in [0.4, 0.5) is 5.69 Å². The number of nitrogens with zero attached hydrogens (tertiary/aromatic N) is 1. The molecule has 5 nitrogen and oxygen atoms in total. The number of aliphatic imine (C=N–C) groups is 1. The van der Waals surface area contributed by atoms with E-state index in [1.165, 1.54) is 18.2 Å². The molecule has 0 saturated heterocycles. The first-order valence-corrected chi connectivity index (χ1v) is 4.24. The predicted molar refractivity (Wildman–Crippen MR) is 51.7 cm³/mol. The maximum atomic E-state index is 11.6. The fraction of sp³-hybridized carbons (Fsp3) is 0.100. The molecule has 76 valence electrons. The number of phenolic OH excluding ortho intramolecular Hbond substituents is 1. The van der Waals surface area contributed by atoms with E-state index in [1.54, 1.807) is 0 Å². The molecule has 0 fully saturated rings. The Labute approximate surface area is 84.7 Å². The normalized spacial score (nSPS) is 18.7. The summed E-state index contributed by atoms with van der Waals surface area (Å²) in [6.45, 7) is 0. The van der Waals surface area contributed by atoms with Gasteiger partial charge < -0.3 is 10.2 Å². The molecule has 2 N–H and O–H groups in total. The molecule has 1 aromatic rings. The van der Waals surface area contributed by atoms with Crippen molar-refractivity contribution in [2.24, 2.45) is 10.9 Å². The number of aromatic hydroxyl groups is 1. The summed E-state index contributed by atoms with van der Waals surface area (Å²) >= 11 is 0. The van der Waals surface area contributed by atoms with Crippen LogP contribution in [-0.2, 0) is 4.79 Å². The molecule has 1 heterocycles. The number of carboxylic acids is 1. The van der Waals surface area contributed by atoms with Gasteiger partial charge in [0.25, 0.3) is 0 Å². The maximum absolute atomic E-state index is 11.6. The molecule has 2 rings (SSSR count). The van der Waals surface area contributed by atoms with Crippen molar-refractivity contribution in [3.8, 4) is 5.75 Å². The molecule has 0 amide bonds. The van der Waals surface area contributed by atoms with Crippen molar-refractivity contribution in [3.05, 3.63) is 23.8 Å². The summed E-state index contributed by atoms with van der Waals surface area (Å²) < 4.78 is 0. The van der Waals surface area contributed by atoms with E-state index in [0.717, 1.165) is 6.21 Å². The van der Waals surface area contributed by atoms with Crippen LogP contribution in [0.2, 0.25) is 0 Å². The molecule has 5 heteroatoms. The molecule has 0 aliphatic carbocycles. The zero-order chi connectivity index (χ0) is 11.0. The van der Waals surface area contributed by atoms with E-state index in [0.29, 0.717) is 5.69 Å². The average molecular weight is 205 g/mol. The number of phenols is 1. The number of Topliss-reactive ketones (excluding diaryl/α,β-unsaturated/α-hetero) is 1. The van der Waals surface area contributed by atoms with Gasteiger partial charge in [-0.05, 0) is 12.1 Å². The third kappa shape index (κ3) is 1.48. The minimum absolute atomic E-state index is 0.00697. The number of ketones is 1. The highest BCUT2D eigenvalue weighted by atomic mass is 16.4. The van der Waals surface area contributed by atoms with Crippen molar-refractivity contribution in [1.29, 1.82) is 0 Å². The largest absolute Gasteiger partial charge is 0.508 e. The van der Waals surface area contributed by atoms with E-state index < -0.39 is 17.7 Å². The molecule has 1 aliphatic heterocycles. The Morgan fingerprint density at radius 2 is 2.13 bits per heavy atom. The first-order valence-electron chi connectivity index (χ1n) is 4.24. The number of hydrogen-bond acceptors (Lipinski definition) is 4. The number of carbonyl (C=O) groups is 2. The smallest absolute Gasteiger partial charge is 0.319 e. The lowest BCUT2D eigenvalue weighted by atomic mass is 9.95. The molecule has 1 unspecified atom stereocenters. The lowest BCUT2D eigenvalue weighted by molar-refractivity contribution is -0.137. The first-order chi connectivity index (χ1) is 7.09. The van der Waals surface area contributed by atoms with Gasteiger partial charge in [-0.2, -0.15) is 0 Å². The van der Waals surface area contributed by atoms with Gasteiger partial charge in [0.05, 0.1) is 5.69 Å². The van der Waals surface area contributed by atoms with Gasteiger partial charge in [-0.25, -0.2) is 0 Å². The highest BCUT2D eigenvalue weighted by Gasteiger charge is 2.30. The summed E-state index contributed by atoms with van der Waals surface area (Å²) in [4.78, 5) is 26.1. The van der Waals surface area contributed by atoms with Gasteiger partial charge in [0.15, 0.2) is 11.7 Å². The monoisotopic (exact) mass is 205 g/mol. The Kier molecular flexibility index (Phi) is 2.00. The highest BCUT2D eigenvalue weighted by molar-refractivity contribution is 6.22. The topological polar surface area (TPSA) is 87.0 Å². The zero-order valence-electron chi connectivity index (χ0n) is 7.54. The van der Waals surface area contributed by atoms with Crippen LogP contribution >= 0.6 is 0 Å². The standard InChI is InChI=1S/C10H7NO4/c12-5-1-2-6-8(3-5)11-4-7(9(6)13)10(14)15/h1-4,7,12H,(H,14,15). The van der Waals surface area contributed by atoms with Crippen molar-refractivity contribution >= 4 is 23.7 Å². The molecular weight excluding hydrogens is 198 g/mol. The summed E-state index contributed by atoms with van der Waals surface area (Å²) in [5, 5.41) is 17.9. The third-order valence-corrected chi connectivity index (χ3v) is 2.16. The molecular formula is C10H7NO4. The Hall–Kier alpha value is -2.17. The first kappa shape index (κ1) is 9.39. The summed E-state index contributed by atoms with van der Waals surface area (Å²) in [6.07, 6.45) is 1.08. The summed E-state index contributed by atoms with van der Waals surface area (Å²) in [5.41, 5.74) is 0.528. The SMILES string of the molecule is O=C(O)C1C=Nc2cc(O)ccc2C1=O. The minimum Gasteiger partial charge on any atom is -0.508 e. The van der Waals surface area contributed by atoms with Crippen molar-refractivity contribution < 1.29 is 19.8 Å². The predicted octanol–water partition coefficient (Wildman–Crippen LogP) is 0.992. The number of hydrogen-bond donors (Lipinski definition) is 2. The second-order valence-electron chi connectivity index (χ2n) is 3.16. The van der Waals surface area contributed by atoms with Gasteiger partial charge >= 0.3 is 5.97 Å². The van der Waals surface area contributed by atoms with Crippen LogP contribution in [0.25, 0.3) is 0 Å². The van der Waals surface area contributed by atoms with Crippen LogP contribution in [0, 0.1) is 5.92 Å². The van der Waals surface area contributed by atoms with Crippen molar-refractivity contribution in [2.75, 3.05) is 0 Å². The zero-order valence-corrected chi connectivity index (χ0v) is 7.54. The second-order valence-corrected chi connectivity index (χ2v) is 3.16. The van der Waals surface area contributed by atoms with Crippen LogP contribution in [0.15, 0.2) is 23.2 Å². The van der Waals surface area contributed by atoms with E-state index in [4.69, 9.17) is 10.2 Å². The molecule has 0 radical (unpaired) electrons. The van der Waals surface area contributed by atoms with E-state index in [2.05, 4.69) is 4.99 Å². The van der Waals surface area contributed by atoms with Gasteiger partial charge in [-0.3, -0.25) is 14.6 Å². The number of benzene rings is 1. The summed E-state index contributed by atoms with van der Waals surface area (Å²) in [7, 11) is 0. The highest BCUT2D eigenvalue weighted by Crippen LogP contribution is 2.29. The van der Waals surface area contributed by atoms with E-state index in [9.17, 15) is 9.59 Å². The molecule has 0 aromatic heterocycles. The molecule has 15 heavy (non-hydrogen) atoms. The Balaban J connectivity index is 2.51. The molecule has 0 saturated carbocycles. The minimum atomic E-state index is -1.22. The lowest BCUT2D eigenvalue weighted by Gasteiger charge is -2.13. The average Bonchev–Trinajstić information content (AvgIpc) is 2.17. The number of fused-ring (bicyclic) bond motifs is 1. The quantitative estimate of drug-likeness (QED) is 0.669. The van der Waals surface area contributed by atoms with Crippen LogP contribution in [0.3, 0.4) is 0 Å². The van der Waals surface area contributed by atoms with Crippen molar-refractivity contribution in [2.45, 2.75) is 0 Å². The second kappa shape index (κ2) is 3.20. The fourth-order valence-corrected chi connectivity index (χ4v) is 1.40. The van der Waals surface area contributed by atoms with Crippen molar-refractivity contribution in [3.63, 3.8) is 0 Å². The number of aliphatic carboxylic acids is 1. The van der Waals surface area contributed by atoms with Gasteiger partial charge in [0, 0.05) is 17.8 Å². The number of carbonyl (C=O) groups excluding carboxylic acids is 1. The van der Waals surface area contributed by atoms with Crippen LogP contribution in [0.1, 0.15) is 10.4 Å². The van der Waals surface area contributed by atoms with E-state index in [-0.39, 0.29) is 11.3 Å². The van der Waals surface area contributed by atoms with Gasteiger partial charge in [0.1, 0.15) is 5.75 Å². The van der Waals surface area contributed by atoms with E-state index >= 15 is 0 Å². The third-order valence-electron chi connectivity index (χ3n) is 2.16. The molecule has 0 spiro atoms. The Bertz CT molecular complexity index is 478. The van der Waals surface area contributed by atoms with Gasteiger partial charge in [-0.1, -0.05) is 0 Å². The van der Waals surface area contributed by atoms with Gasteiger partial charge in [-0.15, -0.1) is 0 Å². The van der Waals surface area contributed by atoms with Crippen LogP contribution in [-0.4, -0.2) is 28.2 Å². The molecule has 0 bridgehead atoms. The fourth-order valence-electron chi connectivity index (χ4n) is 1.40. The van der Waals surface area contributed by atoms with Crippen LogP contribution in [0.5, 0.6) is 5.75 Å². The maximum Gasteiger partial charge on any atom is 0.319 e. The molecule has 1 aromatic carbocycles. The van der Waals surface area contributed by atoms with E-state index in [1.807, 2.05) is 0 Å². The number of carboxylic acid groups (broad SMARTS) is 1. The lowest BCUT2D eigenvalue weighted by Crippen LogP contribution is -2.27. The van der Waals surface area contributed by atoms with Gasteiger partial charge in [0.2, 0.25) is 0 Å². The molecule has 1 atom stereocenters.